The number of hydrogen-bond donors (Lipinski definition) is 0. The fraction of sp³-hybridized carbons (Fsp3) is 0.200. The van der Waals surface area contributed by atoms with Crippen LogP contribution in [0.1, 0.15) is 62.0 Å². The van der Waals surface area contributed by atoms with E-state index in [0.717, 1.165) is 17.5 Å². The number of carbonyl (C=O) groups is 3. The summed E-state index contributed by atoms with van der Waals surface area (Å²) in [6.45, 7) is 6.12. The third kappa shape index (κ3) is 4.33. The molecular formula is C30H25NO6. The Labute approximate surface area is 213 Å². The molecule has 2 heterocycles. The molecule has 0 spiro atoms. The van der Waals surface area contributed by atoms with E-state index in [1.165, 1.54) is 23.1 Å². The second kappa shape index (κ2) is 9.50. The van der Waals surface area contributed by atoms with E-state index < -0.39 is 17.3 Å². The van der Waals surface area contributed by atoms with Gasteiger partial charge in [0.1, 0.15) is 5.58 Å². The second-order valence-electron chi connectivity index (χ2n) is 9.22. The Balaban J connectivity index is 1.55. The molecule has 0 aliphatic carbocycles. The summed E-state index contributed by atoms with van der Waals surface area (Å²) in [5.74, 6) is -1.75. The summed E-state index contributed by atoms with van der Waals surface area (Å²) in [4.78, 5) is 53.3. The molecule has 3 aromatic carbocycles. The number of esters is 1. The summed E-state index contributed by atoms with van der Waals surface area (Å²) in [7, 11) is 0. The predicted molar refractivity (Wildman–Crippen MR) is 139 cm³/mol. The zero-order valence-electron chi connectivity index (χ0n) is 20.8. The van der Waals surface area contributed by atoms with E-state index >= 15 is 0 Å². The molecule has 4 aromatic rings. The standard InChI is InChI=1S/C30H25NO6/c1-4-5-14-31-28(33)21-13-11-20(16-23(21)29(31)34)30(35)37-27-25(32)22-12-8-18(3)15-24(22)36-26(27)19-9-6-17(2)7-10-19/h6-13,15-16H,4-5,14H2,1-3H3. The SMILES string of the molecule is CCCCN1C(=O)c2ccc(C(=O)Oc3c(-c4ccc(C)cc4)oc4cc(C)ccc4c3=O)cc2C1=O. The summed E-state index contributed by atoms with van der Waals surface area (Å²) in [6, 6.07) is 16.7. The molecular weight excluding hydrogens is 470 g/mol. The number of aryl methyl sites for hydroxylation is 2. The molecule has 0 unspecified atom stereocenters. The molecule has 1 aliphatic heterocycles. The van der Waals surface area contributed by atoms with Gasteiger partial charge in [-0.1, -0.05) is 49.2 Å². The minimum atomic E-state index is -0.831. The number of carbonyl (C=O) groups excluding carboxylic acids is 3. The molecule has 186 valence electrons. The average Bonchev–Trinajstić information content (AvgIpc) is 3.13. The van der Waals surface area contributed by atoms with Crippen molar-refractivity contribution in [1.82, 2.24) is 4.90 Å². The summed E-state index contributed by atoms with van der Waals surface area (Å²) in [6.07, 6.45) is 1.53. The van der Waals surface area contributed by atoms with Crippen LogP contribution in [0.4, 0.5) is 0 Å². The molecule has 0 fully saturated rings. The van der Waals surface area contributed by atoms with Crippen LogP contribution in [0.15, 0.2) is 69.9 Å². The first-order valence-electron chi connectivity index (χ1n) is 12.2. The van der Waals surface area contributed by atoms with Gasteiger partial charge in [0.25, 0.3) is 11.8 Å². The maximum absolute atomic E-state index is 13.5. The molecule has 5 rings (SSSR count). The summed E-state index contributed by atoms with van der Waals surface area (Å²) >= 11 is 0. The number of imide groups is 1. The summed E-state index contributed by atoms with van der Waals surface area (Å²) in [5.41, 5.74) is 2.87. The number of benzene rings is 3. The molecule has 37 heavy (non-hydrogen) atoms. The van der Waals surface area contributed by atoms with Crippen molar-refractivity contribution in [2.45, 2.75) is 33.6 Å². The Morgan fingerprint density at radius 1 is 0.865 bits per heavy atom. The minimum absolute atomic E-state index is 0.0514. The van der Waals surface area contributed by atoms with E-state index in [-0.39, 0.29) is 39.5 Å². The third-order valence-corrected chi connectivity index (χ3v) is 6.46. The van der Waals surface area contributed by atoms with Gasteiger partial charge in [-0.15, -0.1) is 0 Å². The average molecular weight is 496 g/mol. The lowest BCUT2D eigenvalue weighted by Crippen LogP contribution is -2.30. The Kier molecular flexibility index (Phi) is 6.21. The van der Waals surface area contributed by atoms with Crippen molar-refractivity contribution >= 4 is 28.8 Å². The van der Waals surface area contributed by atoms with Crippen molar-refractivity contribution in [3.05, 3.63) is 98.7 Å². The van der Waals surface area contributed by atoms with E-state index in [1.54, 1.807) is 30.3 Å². The van der Waals surface area contributed by atoms with Crippen molar-refractivity contribution in [1.29, 1.82) is 0 Å². The lowest BCUT2D eigenvalue weighted by atomic mass is 10.1. The highest BCUT2D eigenvalue weighted by Gasteiger charge is 2.35. The monoisotopic (exact) mass is 495 g/mol. The Bertz CT molecular complexity index is 1630. The zero-order chi connectivity index (χ0) is 26.3. The van der Waals surface area contributed by atoms with E-state index in [1.807, 2.05) is 32.9 Å². The highest BCUT2D eigenvalue weighted by atomic mass is 16.5. The molecule has 0 N–H and O–H groups in total. The number of ether oxygens (including phenoxy) is 1. The Morgan fingerprint density at radius 3 is 2.30 bits per heavy atom. The molecule has 0 radical (unpaired) electrons. The van der Waals surface area contributed by atoms with E-state index in [4.69, 9.17) is 9.15 Å². The first-order valence-corrected chi connectivity index (χ1v) is 12.2. The number of unbranched alkanes of at least 4 members (excludes halogenated alkanes) is 1. The molecule has 0 saturated carbocycles. The van der Waals surface area contributed by atoms with Gasteiger partial charge in [0, 0.05) is 12.1 Å². The molecule has 0 saturated heterocycles. The molecule has 1 aliphatic rings. The highest BCUT2D eigenvalue weighted by molar-refractivity contribution is 6.22. The van der Waals surface area contributed by atoms with Crippen LogP contribution in [0.2, 0.25) is 0 Å². The molecule has 0 bridgehead atoms. The van der Waals surface area contributed by atoms with Gasteiger partial charge in [-0.25, -0.2) is 4.79 Å². The van der Waals surface area contributed by atoms with Crippen LogP contribution in [0.5, 0.6) is 5.75 Å². The number of fused-ring (bicyclic) bond motifs is 2. The van der Waals surface area contributed by atoms with E-state index in [2.05, 4.69) is 0 Å². The van der Waals surface area contributed by atoms with Gasteiger partial charge in [-0.2, -0.15) is 0 Å². The van der Waals surface area contributed by atoms with Crippen LogP contribution < -0.4 is 10.2 Å². The molecule has 7 nitrogen and oxygen atoms in total. The largest absolute Gasteiger partial charge is 0.452 e. The van der Waals surface area contributed by atoms with Gasteiger partial charge < -0.3 is 9.15 Å². The predicted octanol–water partition coefficient (Wildman–Crippen LogP) is 5.69. The zero-order valence-corrected chi connectivity index (χ0v) is 20.8. The number of hydrogen-bond acceptors (Lipinski definition) is 6. The smallest absolute Gasteiger partial charge is 0.343 e. The van der Waals surface area contributed by atoms with Gasteiger partial charge in [-0.05, 0) is 56.2 Å². The van der Waals surface area contributed by atoms with Crippen LogP contribution in [0.25, 0.3) is 22.3 Å². The van der Waals surface area contributed by atoms with Crippen molar-refractivity contribution in [2.75, 3.05) is 6.54 Å². The normalized spacial score (nSPS) is 12.8. The van der Waals surface area contributed by atoms with E-state index in [9.17, 15) is 19.2 Å². The Morgan fingerprint density at radius 2 is 1.57 bits per heavy atom. The highest BCUT2D eigenvalue weighted by Crippen LogP contribution is 2.32. The van der Waals surface area contributed by atoms with Gasteiger partial charge in [0.05, 0.1) is 22.1 Å². The van der Waals surface area contributed by atoms with Crippen molar-refractivity contribution < 1.29 is 23.5 Å². The molecule has 2 amide bonds. The summed E-state index contributed by atoms with van der Waals surface area (Å²) in [5, 5.41) is 0.283. The fourth-order valence-electron chi connectivity index (χ4n) is 4.36. The van der Waals surface area contributed by atoms with Crippen LogP contribution >= 0.6 is 0 Å². The fourth-order valence-corrected chi connectivity index (χ4v) is 4.36. The minimum Gasteiger partial charge on any atom is -0.452 e. The van der Waals surface area contributed by atoms with Crippen molar-refractivity contribution in [2.24, 2.45) is 0 Å². The third-order valence-electron chi connectivity index (χ3n) is 6.46. The van der Waals surface area contributed by atoms with Crippen molar-refractivity contribution in [3.8, 4) is 17.1 Å². The van der Waals surface area contributed by atoms with Gasteiger partial charge in [0.2, 0.25) is 11.2 Å². The quantitative estimate of drug-likeness (QED) is 0.252. The lowest BCUT2D eigenvalue weighted by molar-refractivity contribution is 0.0651. The molecule has 0 atom stereocenters. The number of rotatable bonds is 6. The topological polar surface area (TPSA) is 93.9 Å². The van der Waals surface area contributed by atoms with Crippen LogP contribution in [-0.2, 0) is 0 Å². The number of amides is 2. The Hall–Kier alpha value is -4.52. The van der Waals surface area contributed by atoms with Gasteiger partial charge >= 0.3 is 5.97 Å². The van der Waals surface area contributed by atoms with Gasteiger partial charge in [-0.3, -0.25) is 19.3 Å². The van der Waals surface area contributed by atoms with Crippen LogP contribution in [-0.4, -0.2) is 29.2 Å². The first-order chi connectivity index (χ1) is 17.8. The second-order valence-corrected chi connectivity index (χ2v) is 9.22. The van der Waals surface area contributed by atoms with Gasteiger partial charge in [0.15, 0.2) is 5.76 Å². The number of nitrogens with zero attached hydrogens (tertiary/aromatic N) is 1. The van der Waals surface area contributed by atoms with Crippen LogP contribution in [0, 0.1) is 13.8 Å². The maximum atomic E-state index is 13.5. The van der Waals surface area contributed by atoms with Crippen molar-refractivity contribution in [3.63, 3.8) is 0 Å². The van der Waals surface area contributed by atoms with E-state index in [0.29, 0.717) is 24.1 Å². The first kappa shape index (κ1) is 24.2. The van der Waals surface area contributed by atoms with Crippen LogP contribution in [0.3, 0.4) is 0 Å². The maximum Gasteiger partial charge on any atom is 0.343 e. The molecule has 7 heteroatoms. The molecule has 1 aromatic heterocycles. The summed E-state index contributed by atoms with van der Waals surface area (Å²) < 4.78 is 11.7. The lowest BCUT2D eigenvalue weighted by Gasteiger charge is -2.12.